The van der Waals surface area contributed by atoms with Crippen LogP contribution < -0.4 is 5.32 Å². The van der Waals surface area contributed by atoms with Crippen molar-refractivity contribution in [3.8, 4) is 0 Å². The predicted octanol–water partition coefficient (Wildman–Crippen LogP) is 0.708. The summed E-state index contributed by atoms with van der Waals surface area (Å²) >= 11 is 0. The van der Waals surface area contributed by atoms with Crippen LogP contribution in [0.15, 0.2) is 12.2 Å². The SMILES string of the molecule is C=C(C)C(=O)NCCC[N+](C)(C)CC(=O)OCC. The number of carbonyl (C=O) groups is 2. The fraction of sp³-hybridized carbons (Fsp3) is 0.692. The molecular formula is C13H25N2O3+. The Kier molecular flexibility index (Phi) is 7.27. The summed E-state index contributed by atoms with van der Waals surface area (Å²) in [6.07, 6.45) is 0.811. The summed E-state index contributed by atoms with van der Waals surface area (Å²) in [6.45, 7) is 9.19. The number of rotatable bonds is 8. The number of nitrogens with one attached hydrogen (secondary N) is 1. The van der Waals surface area contributed by atoms with E-state index < -0.39 is 0 Å². The fourth-order valence-electron chi connectivity index (χ4n) is 1.50. The number of nitrogens with zero attached hydrogens (tertiary/aromatic N) is 1. The number of likely N-dealkylation sites (N-methyl/N-ethyl adjacent to an activating group) is 1. The van der Waals surface area contributed by atoms with Crippen LogP contribution in [0.5, 0.6) is 0 Å². The Hall–Kier alpha value is -1.36. The molecule has 0 saturated carbocycles. The third kappa shape index (κ3) is 7.84. The molecule has 0 aliphatic heterocycles. The van der Waals surface area contributed by atoms with Crippen molar-refractivity contribution in [2.75, 3.05) is 40.3 Å². The van der Waals surface area contributed by atoms with E-state index in [0.29, 0.717) is 29.8 Å². The molecule has 1 amide bonds. The molecule has 0 aliphatic rings. The topological polar surface area (TPSA) is 55.4 Å². The van der Waals surface area contributed by atoms with E-state index in [2.05, 4.69) is 11.9 Å². The molecular weight excluding hydrogens is 232 g/mol. The molecule has 5 nitrogen and oxygen atoms in total. The highest BCUT2D eigenvalue weighted by Gasteiger charge is 2.20. The molecule has 0 aromatic carbocycles. The van der Waals surface area contributed by atoms with Crippen LogP contribution in [0, 0.1) is 0 Å². The van der Waals surface area contributed by atoms with Crippen molar-refractivity contribution in [1.29, 1.82) is 0 Å². The summed E-state index contributed by atoms with van der Waals surface area (Å²) in [6, 6.07) is 0. The van der Waals surface area contributed by atoms with Crippen molar-refractivity contribution >= 4 is 11.9 Å². The van der Waals surface area contributed by atoms with Gasteiger partial charge in [-0.05, 0) is 13.8 Å². The van der Waals surface area contributed by atoms with Gasteiger partial charge in [0.05, 0.1) is 27.2 Å². The lowest BCUT2D eigenvalue weighted by Crippen LogP contribution is -2.46. The van der Waals surface area contributed by atoms with Gasteiger partial charge in [0, 0.05) is 18.5 Å². The molecule has 0 rings (SSSR count). The molecule has 0 aromatic rings. The van der Waals surface area contributed by atoms with Gasteiger partial charge in [0.2, 0.25) is 5.91 Å². The van der Waals surface area contributed by atoms with E-state index >= 15 is 0 Å². The van der Waals surface area contributed by atoms with Crippen molar-refractivity contribution < 1.29 is 18.8 Å². The van der Waals surface area contributed by atoms with Crippen LogP contribution in [0.2, 0.25) is 0 Å². The molecule has 0 unspecified atom stereocenters. The molecule has 5 heteroatoms. The van der Waals surface area contributed by atoms with Gasteiger partial charge in [0.25, 0.3) is 0 Å². The summed E-state index contributed by atoms with van der Waals surface area (Å²) in [4.78, 5) is 22.6. The number of ether oxygens (including phenoxy) is 1. The van der Waals surface area contributed by atoms with E-state index in [4.69, 9.17) is 4.74 Å². The third-order valence-electron chi connectivity index (χ3n) is 2.48. The first-order valence-electron chi connectivity index (χ1n) is 6.20. The largest absolute Gasteiger partial charge is 0.462 e. The normalized spacial score (nSPS) is 10.9. The Morgan fingerprint density at radius 3 is 2.44 bits per heavy atom. The Morgan fingerprint density at radius 2 is 1.94 bits per heavy atom. The maximum Gasteiger partial charge on any atom is 0.361 e. The van der Waals surface area contributed by atoms with Gasteiger partial charge in [-0.3, -0.25) is 4.79 Å². The second-order valence-corrected chi connectivity index (χ2v) is 5.01. The monoisotopic (exact) mass is 257 g/mol. The fourth-order valence-corrected chi connectivity index (χ4v) is 1.50. The highest BCUT2D eigenvalue weighted by molar-refractivity contribution is 5.91. The molecule has 0 fully saturated rings. The minimum Gasteiger partial charge on any atom is -0.462 e. The number of hydrogen-bond donors (Lipinski definition) is 1. The van der Waals surface area contributed by atoms with E-state index in [1.165, 1.54) is 0 Å². The van der Waals surface area contributed by atoms with Crippen molar-refractivity contribution in [2.45, 2.75) is 20.3 Å². The van der Waals surface area contributed by atoms with E-state index in [0.717, 1.165) is 13.0 Å². The number of quaternary nitrogens is 1. The van der Waals surface area contributed by atoms with Gasteiger partial charge < -0.3 is 14.5 Å². The van der Waals surface area contributed by atoms with Crippen LogP contribution in [-0.2, 0) is 14.3 Å². The minimum absolute atomic E-state index is 0.120. The van der Waals surface area contributed by atoms with E-state index in [9.17, 15) is 9.59 Å². The second kappa shape index (κ2) is 7.87. The molecule has 1 N–H and O–H groups in total. The van der Waals surface area contributed by atoms with Crippen molar-refractivity contribution in [1.82, 2.24) is 5.32 Å². The highest BCUT2D eigenvalue weighted by Crippen LogP contribution is 2.00. The first kappa shape index (κ1) is 16.6. The molecule has 104 valence electrons. The van der Waals surface area contributed by atoms with Crippen LogP contribution in [0.25, 0.3) is 0 Å². The minimum atomic E-state index is -0.187. The Labute approximate surface area is 109 Å². The smallest absolute Gasteiger partial charge is 0.361 e. The summed E-state index contributed by atoms with van der Waals surface area (Å²) in [5.74, 6) is -0.306. The zero-order valence-corrected chi connectivity index (χ0v) is 11.9. The van der Waals surface area contributed by atoms with Gasteiger partial charge in [0.15, 0.2) is 6.54 Å². The van der Waals surface area contributed by atoms with Crippen LogP contribution in [0.3, 0.4) is 0 Å². The lowest BCUT2D eigenvalue weighted by Gasteiger charge is -2.28. The van der Waals surface area contributed by atoms with Gasteiger partial charge in [-0.25, -0.2) is 4.79 Å². The van der Waals surface area contributed by atoms with Gasteiger partial charge in [-0.15, -0.1) is 0 Å². The number of amides is 1. The first-order valence-corrected chi connectivity index (χ1v) is 6.20. The molecule has 0 aromatic heterocycles. The third-order valence-corrected chi connectivity index (χ3v) is 2.48. The van der Waals surface area contributed by atoms with Gasteiger partial charge in [0.1, 0.15) is 0 Å². The number of carbonyl (C=O) groups excluding carboxylic acids is 2. The lowest BCUT2D eigenvalue weighted by molar-refractivity contribution is -0.883. The van der Waals surface area contributed by atoms with Crippen LogP contribution in [-0.4, -0.2) is 56.7 Å². The maximum atomic E-state index is 11.4. The Balaban J connectivity index is 3.86. The zero-order chi connectivity index (χ0) is 14.2. The van der Waals surface area contributed by atoms with Gasteiger partial charge >= 0.3 is 5.97 Å². The average molecular weight is 257 g/mol. The standard InChI is InChI=1S/C13H24N2O3/c1-6-18-12(16)10-15(4,5)9-7-8-14-13(17)11(2)3/h2,6-10H2,1,3-5H3/p+1. The van der Waals surface area contributed by atoms with Crippen molar-refractivity contribution in [2.24, 2.45) is 0 Å². The van der Waals surface area contributed by atoms with E-state index in [1.807, 2.05) is 14.1 Å². The quantitative estimate of drug-likeness (QED) is 0.301. The Bertz CT molecular complexity index is 311. The molecule has 0 aliphatic carbocycles. The number of esters is 1. The summed E-state index contributed by atoms with van der Waals surface area (Å²) in [7, 11) is 3.94. The molecule has 0 spiro atoms. The first-order chi connectivity index (χ1) is 8.28. The summed E-state index contributed by atoms with van der Waals surface area (Å²) in [5.41, 5.74) is 0.510. The van der Waals surface area contributed by atoms with Crippen LogP contribution in [0.4, 0.5) is 0 Å². The van der Waals surface area contributed by atoms with Crippen molar-refractivity contribution in [3.05, 3.63) is 12.2 Å². The van der Waals surface area contributed by atoms with Gasteiger partial charge in [-0.1, -0.05) is 6.58 Å². The molecule has 0 saturated heterocycles. The lowest BCUT2D eigenvalue weighted by atomic mass is 10.3. The van der Waals surface area contributed by atoms with Crippen LogP contribution in [0.1, 0.15) is 20.3 Å². The number of hydrogen-bond acceptors (Lipinski definition) is 3. The molecule has 0 atom stereocenters. The summed E-state index contributed by atoms with van der Waals surface area (Å²) in [5, 5.41) is 2.77. The van der Waals surface area contributed by atoms with E-state index in [1.54, 1.807) is 13.8 Å². The molecule has 0 radical (unpaired) electrons. The van der Waals surface area contributed by atoms with Crippen LogP contribution >= 0.6 is 0 Å². The van der Waals surface area contributed by atoms with Crippen molar-refractivity contribution in [3.63, 3.8) is 0 Å². The predicted molar refractivity (Wildman–Crippen MR) is 70.9 cm³/mol. The average Bonchev–Trinajstić information content (AvgIpc) is 2.23. The highest BCUT2D eigenvalue weighted by atomic mass is 16.5. The van der Waals surface area contributed by atoms with Gasteiger partial charge in [-0.2, -0.15) is 0 Å². The second-order valence-electron chi connectivity index (χ2n) is 5.01. The molecule has 0 heterocycles. The summed E-state index contributed by atoms with van der Waals surface area (Å²) < 4.78 is 5.48. The zero-order valence-electron chi connectivity index (χ0n) is 11.9. The Morgan fingerprint density at radius 1 is 1.33 bits per heavy atom. The molecule has 18 heavy (non-hydrogen) atoms. The molecule has 0 bridgehead atoms. The van der Waals surface area contributed by atoms with E-state index in [-0.39, 0.29) is 11.9 Å². The maximum absolute atomic E-state index is 11.4.